The van der Waals surface area contributed by atoms with E-state index in [1.54, 1.807) is 24.5 Å². The Labute approximate surface area is 117 Å². The maximum atomic E-state index is 12.4. The van der Waals surface area contributed by atoms with E-state index < -0.39 is 0 Å². The number of aryl methyl sites for hydroxylation is 1. The summed E-state index contributed by atoms with van der Waals surface area (Å²) in [6.45, 7) is 1.92. The van der Waals surface area contributed by atoms with Crippen LogP contribution in [0.5, 0.6) is 0 Å². The molecule has 0 aliphatic rings. The molecule has 98 valence electrons. The van der Waals surface area contributed by atoms with Crippen molar-refractivity contribution in [1.82, 2.24) is 9.97 Å². The van der Waals surface area contributed by atoms with Gasteiger partial charge in [-0.3, -0.25) is 9.78 Å². The molecule has 0 spiro atoms. The number of carbonyl (C=O) groups is 1. The zero-order chi connectivity index (χ0) is 13.9. The summed E-state index contributed by atoms with van der Waals surface area (Å²) in [6.07, 6.45) is 6.82. The lowest BCUT2D eigenvalue weighted by atomic mass is 10.1. The molecule has 0 bridgehead atoms. The van der Waals surface area contributed by atoms with Crippen molar-refractivity contribution in [3.63, 3.8) is 0 Å². The highest BCUT2D eigenvalue weighted by molar-refractivity contribution is 6.15. The van der Waals surface area contributed by atoms with Crippen molar-refractivity contribution >= 4 is 22.8 Å². The van der Waals surface area contributed by atoms with Crippen molar-refractivity contribution < 1.29 is 4.79 Å². The molecule has 0 radical (unpaired) electrons. The Morgan fingerprint density at radius 2 is 2.05 bits per heavy atom. The molecule has 0 atom stereocenters. The van der Waals surface area contributed by atoms with E-state index in [1.165, 1.54) is 0 Å². The van der Waals surface area contributed by atoms with E-state index in [-0.39, 0.29) is 5.78 Å². The van der Waals surface area contributed by atoms with Crippen molar-refractivity contribution in [2.24, 2.45) is 0 Å². The number of rotatable bonds is 3. The number of hydrogen-bond acceptors (Lipinski definition) is 2. The Kier molecular flexibility index (Phi) is 3.17. The van der Waals surface area contributed by atoms with Crippen molar-refractivity contribution in [3.8, 4) is 0 Å². The Hall–Kier alpha value is -2.68. The Morgan fingerprint density at radius 3 is 2.85 bits per heavy atom. The zero-order valence-electron chi connectivity index (χ0n) is 11.1. The highest BCUT2D eigenvalue weighted by Crippen LogP contribution is 2.22. The number of aromatic amines is 1. The van der Waals surface area contributed by atoms with E-state index in [1.807, 2.05) is 43.3 Å². The highest BCUT2D eigenvalue weighted by atomic mass is 16.1. The standard InChI is InChI=1S/C17H14N2O/c1-12-17(14-6-2-3-7-15(14)19-12)16(20)9-8-13-5-4-10-18-11-13/h2-11,19H,1H3. The first-order valence-corrected chi connectivity index (χ1v) is 6.45. The first kappa shape index (κ1) is 12.4. The van der Waals surface area contributed by atoms with Gasteiger partial charge in [0.1, 0.15) is 0 Å². The molecule has 0 aliphatic heterocycles. The van der Waals surface area contributed by atoms with Crippen LogP contribution in [0.15, 0.2) is 54.9 Å². The Bertz CT molecular complexity index is 785. The van der Waals surface area contributed by atoms with Gasteiger partial charge in [0.25, 0.3) is 0 Å². The summed E-state index contributed by atoms with van der Waals surface area (Å²) in [5, 5.41) is 0.964. The predicted molar refractivity (Wildman–Crippen MR) is 80.6 cm³/mol. The monoisotopic (exact) mass is 262 g/mol. The van der Waals surface area contributed by atoms with Gasteiger partial charge in [0.15, 0.2) is 5.78 Å². The van der Waals surface area contributed by atoms with Gasteiger partial charge in [0, 0.05) is 29.0 Å². The Balaban J connectivity index is 1.97. The van der Waals surface area contributed by atoms with E-state index >= 15 is 0 Å². The minimum absolute atomic E-state index is 0.00352. The van der Waals surface area contributed by atoms with Crippen LogP contribution in [-0.2, 0) is 0 Å². The second-order valence-electron chi connectivity index (χ2n) is 4.65. The number of benzene rings is 1. The maximum absolute atomic E-state index is 12.4. The number of ketones is 1. The van der Waals surface area contributed by atoms with E-state index in [4.69, 9.17) is 0 Å². The fraction of sp³-hybridized carbons (Fsp3) is 0.0588. The van der Waals surface area contributed by atoms with Crippen molar-refractivity contribution in [2.45, 2.75) is 6.92 Å². The summed E-state index contributed by atoms with van der Waals surface area (Å²) in [5.41, 5.74) is 3.54. The quantitative estimate of drug-likeness (QED) is 0.577. The molecule has 1 aromatic carbocycles. The molecule has 0 aliphatic carbocycles. The molecule has 20 heavy (non-hydrogen) atoms. The van der Waals surface area contributed by atoms with E-state index in [9.17, 15) is 4.79 Å². The van der Waals surface area contributed by atoms with Crippen LogP contribution in [0, 0.1) is 6.92 Å². The molecule has 0 saturated carbocycles. The molecule has 3 aromatic rings. The van der Waals surface area contributed by atoms with Crippen LogP contribution in [0.1, 0.15) is 21.6 Å². The average molecular weight is 262 g/mol. The van der Waals surface area contributed by atoms with Gasteiger partial charge in [-0.15, -0.1) is 0 Å². The number of allylic oxidation sites excluding steroid dienone is 1. The smallest absolute Gasteiger partial charge is 0.188 e. The minimum Gasteiger partial charge on any atom is -0.358 e. The third-order valence-electron chi connectivity index (χ3n) is 3.25. The normalized spacial score (nSPS) is 11.2. The number of pyridine rings is 1. The van der Waals surface area contributed by atoms with Gasteiger partial charge >= 0.3 is 0 Å². The summed E-state index contributed by atoms with van der Waals surface area (Å²) in [5.74, 6) is 0.00352. The van der Waals surface area contributed by atoms with Gasteiger partial charge in [-0.1, -0.05) is 24.3 Å². The van der Waals surface area contributed by atoms with Crippen LogP contribution >= 0.6 is 0 Å². The third kappa shape index (κ3) is 2.26. The molecule has 2 heterocycles. The fourth-order valence-corrected chi connectivity index (χ4v) is 2.32. The van der Waals surface area contributed by atoms with Gasteiger partial charge in [0.05, 0.1) is 5.56 Å². The summed E-state index contributed by atoms with van der Waals surface area (Å²) >= 11 is 0. The van der Waals surface area contributed by atoms with Crippen LogP contribution in [0.2, 0.25) is 0 Å². The number of carbonyl (C=O) groups excluding carboxylic acids is 1. The fourth-order valence-electron chi connectivity index (χ4n) is 2.32. The molecule has 0 fully saturated rings. The lowest BCUT2D eigenvalue weighted by Gasteiger charge is -1.96. The number of nitrogens with zero attached hydrogens (tertiary/aromatic N) is 1. The zero-order valence-corrected chi connectivity index (χ0v) is 11.1. The molecular formula is C17H14N2O. The predicted octanol–water partition coefficient (Wildman–Crippen LogP) is 3.77. The van der Waals surface area contributed by atoms with Gasteiger partial charge < -0.3 is 4.98 Å². The SMILES string of the molecule is Cc1[nH]c2ccccc2c1C(=O)C=Cc1cccnc1. The first-order valence-electron chi connectivity index (χ1n) is 6.45. The highest BCUT2D eigenvalue weighted by Gasteiger charge is 2.12. The van der Waals surface area contributed by atoms with Crippen molar-refractivity contribution in [3.05, 3.63) is 71.7 Å². The topological polar surface area (TPSA) is 45.8 Å². The second kappa shape index (κ2) is 5.13. The van der Waals surface area contributed by atoms with E-state index in [0.29, 0.717) is 0 Å². The van der Waals surface area contributed by atoms with Crippen LogP contribution in [0.4, 0.5) is 0 Å². The van der Waals surface area contributed by atoms with E-state index in [0.717, 1.165) is 27.7 Å². The van der Waals surface area contributed by atoms with Crippen molar-refractivity contribution in [1.29, 1.82) is 0 Å². The minimum atomic E-state index is 0.00352. The number of H-pyrrole nitrogens is 1. The molecule has 0 unspecified atom stereocenters. The molecule has 2 aromatic heterocycles. The van der Waals surface area contributed by atoms with Gasteiger partial charge in [-0.05, 0) is 36.8 Å². The summed E-state index contributed by atoms with van der Waals surface area (Å²) in [7, 11) is 0. The molecule has 1 N–H and O–H groups in total. The summed E-state index contributed by atoms with van der Waals surface area (Å²) in [6, 6.07) is 11.6. The van der Waals surface area contributed by atoms with E-state index in [2.05, 4.69) is 9.97 Å². The Morgan fingerprint density at radius 1 is 1.20 bits per heavy atom. The number of aromatic nitrogens is 2. The molecule has 0 amide bonds. The number of hydrogen-bond donors (Lipinski definition) is 1. The molecule has 3 heteroatoms. The third-order valence-corrected chi connectivity index (χ3v) is 3.25. The second-order valence-corrected chi connectivity index (χ2v) is 4.65. The van der Waals surface area contributed by atoms with Gasteiger partial charge in [-0.25, -0.2) is 0 Å². The molecule has 3 rings (SSSR count). The number of para-hydroxylation sites is 1. The van der Waals surface area contributed by atoms with Gasteiger partial charge in [0.2, 0.25) is 0 Å². The van der Waals surface area contributed by atoms with Crippen molar-refractivity contribution in [2.75, 3.05) is 0 Å². The summed E-state index contributed by atoms with van der Waals surface area (Å²) in [4.78, 5) is 19.6. The largest absolute Gasteiger partial charge is 0.358 e. The first-order chi connectivity index (χ1) is 9.75. The molecular weight excluding hydrogens is 248 g/mol. The molecule has 0 saturated heterocycles. The number of nitrogens with one attached hydrogen (secondary N) is 1. The van der Waals surface area contributed by atoms with Crippen LogP contribution in [-0.4, -0.2) is 15.8 Å². The van der Waals surface area contributed by atoms with Crippen LogP contribution in [0.3, 0.4) is 0 Å². The molecule has 3 nitrogen and oxygen atoms in total. The maximum Gasteiger partial charge on any atom is 0.188 e. The summed E-state index contributed by atoms with van der Waals surface area (Å²) < 4.78 is 0. The van der Waals surface area contributed by atoms with Crippen LogP contribution in [0.25, 0.3) is 17.0 Å². The van der Waals surface area contributed by atoms with Gasteiger partial charge in [-0.2, -0.15) is 0 Å². The average Bonchev–Trinajstić information content (AvgIpc) is 2.82. The lowest BCUT2D eigenvalue weighted by Crippen LogP contribution is -1.95. The number of fused-ring (bicyclic) bond motifs is 1. The lowest BCUT2D eigenvalue weighted by molar-refractivity contribution is 0.104. The van der Waals surface area contributed by atoms with Crippen LogP contribution < -0.4 is 0 Å².